The van der Waals surface area contributed by atoms with E-state index in [-0.39, 0.29) is 51.5 Å². The van der Waals surface area contributed by atoms with Crippen molar-refractivity contribution >= 4 is 34.7 Å². The first-order valence-corrected chi connectivity index (χ1v) is 5.18. The largest absolute Gasteiger partial charge is 3.00 e. The molecule has 0 radical (unpaired) electrons. The summed E-state index contributed by atoms with van der Waals surface area (Å²) < 4.78 is 5.00. The number of rotatable bonds is 4. The van der Waals surface area contributed by atoms with Gasteiger partial charge in [0.1, 0.15) is 5.78 Å². The fourth-order valence-electron chi connectivity index (χ4n) is 0.880. The van der Waals surface area contributed by atoms with Gasteiger partial charge >= 0.3 is 38.7 Å². The molecule has 76 valence electrons. The maximum absolute atomic E-state index is 11.4. The number of Topliss-reactive ketones (excluding diaryl/α,β-unsaturated/α-hetero) is 1. The molecular weight excluding hydrogens is 313 g/mol. The molecule has 15 heavy (non-hydrogen) atoms. The quantitative estimate of drug-likeness (QED) is 0.370. The molecule has 3 nitrogen and oxygen atoms in total. The van der Waals surface area contributed by atoms with Crippen LogP contribution in [0.1, 0.15) is 23.7 Å². The van der Waals surface area contributed by atoms with Crippen LogP contribution in [0, 0.1) is 5.38 Å². The number of ketones is 1. The van der Waals surface area contributed by atoms with E-state index >= 15 is 0 Å². The molecule has 0 aromatic carbocycles. The van der Waals surface area contributed by atoms with Crippen LogP contribution in [0.4, 0.5) is 0 Å². The molecule has 0 spiro atoms. The molecule has 0 bridgehead atoms. The van der Waals surface area contributed by atoms with Crippen LogP contribution >= 0.6 is 22.9 Å². The standard InChI is InChI=1S/C9H8ClO3S.Y/c1-2-13-8(12)5-7(11)6-3-4-14-9(6)10;/h3H,2,5H2,1H3;/q-1;+3. The first-order chi connectivity index (χ1) is 6.65. The van der Waals surface area contributed by atoms with Crippen molar-refractivity contribution in [2.75, 3.05) is 6.61 Å². The van der Waals surface area contributed by atoms with E-state index in [1.807, 2.05) is 0 Å². The van der Waals surface area contributed by atoms with Crippen LogP contribution in [0.15, 0.2) is 6.07 Å². The number of halogens is 1. The molecule has 0 atom stereocenters. The van der Waals surface area contributed by atoms with Crippen LogP contribution in [0.3, 0.4) is 0 Å². The third kappa shape index (κ3) is 4.72. The molecule has 0 saturated heterocycles. The minimum atomic E-state index is -0.528. The Morgan fingerprint density at radius 3 is 2.73 bits per heavy atom. The molecule has 0 aliphatic rings. The number of carbonyl (C=O) groups is 2. The van der Waals surface area contributed by atoms with Crippen LogP contribution in [-0.4, -0.2) is 18.4 Å². The van der Waals surface area contributed by atoms with Crippen LogP contribution < -0.4 is 0 Å². The number of ether oxygens (including phenoxy) is 1. The molecule has 0 N–H and O–H groups in total. The van der Waals surface area contributed by atoms with Gasteiger partial charge in [0, 0.05) is 0 Å². The van der Waals surface area contributed by atoms with Crippen LogP contribution in [0.5, 0.6) is 0 Å². The summed E-state index contributed by atoms with van der Waals surface area (Å²) in [7, 11) is 0. The maximum atomic E-state index is 11.4. The van der Waals surface area contributed by atoms with Crippen molar-refractivity contribution in [1.29, 1.82) is 0 Å². The van der Waals surface area contributed by atoms with Gasteiger partial charge in [0.2, 0.25) is 0 Å². The molecule has 1 heterocycles. The summed E-state index contributed by atoms with van der Waals surface area (Å²) in [6, 6.07) is 1.48. The van der Waals surface area contributed by atoms with Crippen molar-refractivity contribution in [3.63, 3.8) is 0 Å². The van der Waals surface area contributed by atoms with E-state index in [1.165, 1.54) is 6.07 Å². The van der Waals surface area contributed by atoms with Gasteiger partial charge in [0.25, 0.3) is 0 Å². The average molecular weight is 321 g/mol. The molecule has 0 fully saturated rings. The first-order valence-electron chi connectivity index (χ1n) is 3.99. The number of hydrogen-bond donors (Lipinski definition) is 0. The van der Waals surface area contributed by atoms with E-state index in [0.29, 0.717) is 9.90 Å². The van der Waals surface area contributed by atoms with Gasteiger partial charge in [0.15, 0.2) is 0 Å². The van der Waals surface area contributed by atoms with Crippen molar-refractivity contribution in [2.24, 2.45) is 0 Å². The van der Waals surface area contributed by atoms with Gasteiger partial charge in [-0.3, -0.25) is 16.1 Å². The van der Waals surface area contributed by atoms with E-state index < -0.39 is 5.97 Å². The topological polar surface area (TPSA) is 43.4 Å². The SMILES string of the molecule is CCOC(=O)CC(=O)c1c[c-]sc1Cl.[Y+3]. The number of carbonyl (C=O) groups excluding carboxylic acids is 2. The van der Waals surface area contributed by atoms with Gasteiger partial charge in [-0.05, 0) is 6.92 Å². The number of esters is 1. The van der Waals surface area contributed by atoms with Crippen molar-refractivity contribution in [2.45, 2.75) is 13.3 Å². The summed E-state index contributed by atoms with van der Waals surface area (Å²) in [6.07, 6.45) is -0.266. The summed E-state index contributed by atoms with van der Waals surface area (Å²) in [6.45, 7) is 1.96. The summed E-state index contributed by atoms with van der Waals surface area (Å²) in [5.74, 6) is -0.856. The second kappa shape index (κ2) is 7.50. The fraction of sp³-hybridized carbons (Fsp3) is 0.333. The van der Waals surface area contributed by atoms with Gasteiger partial charge in [-0.15, -0.1) is 10.9 Å². The Hall–Kier alpha value is 0.234. The Kier molecular flexibility index (Phi) is 7.61. The smallest absolute Gasteiger partial charge is 0.466 e. The molecule has 6 heteroatoms. The Bertz CT molecular complexity index is 351. The van der Waals surface area contributed by atoms with E-state index in [2.05, 4.69) is 10.1 Å². The van der Waals surface area contributed by atoms with Gasteiger partial charge < -0.3 is 9.53 Å². The summed E-state index contributed by atoms with van der Waals surface area (Å²) >= 11 is 6.85. The second-order valence-corrected chi connectivity index (χ2v) is 3.91. The Morgan fingerprint density at radius 1 is 1.60 bits per heavy atom. The summed E-state index contributed by atoms with van der Waals surface area (Å²) in [5, 5.41) is 2.72. The van der Waals surface area contributed by atoms with Crippen molar-refractivity contribution in [3.05, 3.63) is 21.3 Å². The van der Waals surface area contributed by atoms with Gasteiger partial charge in [0.05, 0.1) is 13.0 Å². The molecule has 0 saturated carbocycles. The summed E-state index contributed by atoms with van der Waals surface area (Å²) in [4.78, 5) is 22.4. The Morgan fingerprint density at radius 2 is 2.27 bits per heavy atom. The molecule has 1 aromatic heterocycles. The van der Waals surface area contributed by atoms with Gasteiger partial charge in [-0.1, -0.05) is 4.34 Å². The second-order valence-electron chi connectivity index (χ2n) is 2.46. The van der Waals surface area contributed by atoms with Gasteiger partial charge in [-0.2, -0.15) is 17.7 Å². The predicted molar refractivity (Wildman–Crippen MR) is 53.7 cm³/mol. The van der Waals surface area contributed by atoms with E-state index in [4.69, 9.17) is 11.6 Å². The van der Waals surface area contributed by atoms with E-state index in [9.17, 15) is 9.59 Å². The van der Waals surface area contributed by atoms with Crippen LogP contribution in [-0.2, 0) is 42.2 Å². The monoisotopic (exact) mass is 320 g/mol. The van der Waals surface area contributed by atoms with Crippen LogP contribution in [0.25, 0.3) is 0 Å². The summed E-state index contributed by atoms with van der Waals surface area (Å²) in [5.41, 5.74) is 0.338. The van der Waals surface area contributed by atoms with Gasteiger partial charge in [-0.25, -0.2) is 0 Å². The molecule has 1 rings (SSSR count). The molecular formula is C9H8ClO3SY+2. The maximum Gasteiger partial charge on any atom is 3.00 e. The predicted octanol–water partition coefficient (Wildman–Crippen LogP) is 2.34. The fourth-order valence-corrected chi connectivity index (χ4v) is 1.74. The Labute approximate surface area is 122 Å². The van der Waals surface area contributed by atoms with Crippen molar-refractivity contribution in [3.8, 4) is 0 Å². The minimum absolute atomic E-state index is 0. The number of hydrogen-bond acceptors (Lipinski definition) is 4. The number of thiophene rings is 1. The van der Waals surface area contributed by atoms with E-state index in [1.54, 1.807) is 6.92 Å². The zero-order valence-corrected chi connectivity index (χ0v) is 12.5. The van der Waals surface area contributed by atoms with Crippen molar-refractivity contribution < 1.29 is 47.0 Å². The molecule has 0 aliphatic carbocycles. The Balaban J connectivity index is 0.00000196. The molecule has 0 unspecified atom stereocenters. The van der Waals surface area contributed by atoms with E-state index in [0.717, 1.165) is 11.3 Å². The third-order valence-corrected chi connectivity index (χ3v) is 2.54. The zero-order valence-electron chi connectivity index (χ0n) is 8.08. The van der Waals surface area contributed by atoms with Crippen molar-refractivity contribution in [1.82, 2.24) is 0 Å². The van der Waals surface area contributed by atoms with Crippen LogP contribution in [0.2, 0.25) is 4.34 Å². The molecule has 1 aromatic rings. The normalized spacial score (nSPS) is 9.20. The zero-order chi connectivity index (χ0) is 10.6. The first kappa shape index (κ1) is 15.2. The molecule has 0 amide bonds. The minimum Gasteiger partial charge on any atom is -0.466 e. The molecule has 0 aliphatic heterocycles. The average Bonchev–Trinajstić information content (AvgIpc) is 2.51. The third-order valence-electron chi connectivity index (χ3n) is 1.47.